The van der Waals surface area contributed by atoms with Crippen molar-refractivity contribution in [3.05, 3.63) is 46.1 Å². The number of allylic oxidation sites excluding steroid dienone is 4. The third-order valence-electron chi connectivity index (χ3n) is 6.25. The standard InChI is InChI=1S/C26H36O6/c1-17(2)9-7-10-18(3)11-8-12-26(4)23(31-16-28-5)14-20-22(29-6)13-19-21(24(20)32-26)15-30-25(19)27/h9,11,13,23H,7-8,10,12,14-16H2,1-6H3/b18-11+/t23-,26+/m1/s1. The summed E-state index contributed by atoms with van der Waals surface area (Å²) >= 11 is 0. The topological polar surface area (TPSA) is 63.2 Å². The molecule has 0 aliphatic carbocycles. The van der Waals surface area contributed by atoms with E-state index < -0.39 is 5.60 Å². The van der Waals surface area contributed by atoms with E-state index in [9.17, 15) is 4.79 Å². The molecule has 2 atom stereocenters. The van der Waals surface area contributed by atoms with Gasteiger partial charge in [0.05, 0.1) is 12.7 Å². The fourth-order valence-corrected chi connectivity index (χ4v) is 4.35. The van der Waals surface area contributed by atoms with E-state index in [0.29, 0.717) is 23.5 Å². The Labute approximate surface area is 191 Å². The minimum absolute atomic E-state index is 0.186. The van der Waals surface area contributed by atoms with Crippen molar-refractivity contribution in [2.24, 2.45) is 0 Å². The molecule has 176 valence electrons. The summed E-state index contributed by atoms with van der Waals surface area (Å²) in [7, 11) is 3.22. The molecule has 0 amide bonds. The Bertz CT molecular complexity index is 896. The molecule has 0 saturated carbocycles. The normalized spacial score (nSPS) is 22.0. The molecule has 2 aliphatic rings. The second-order valence-corrected chi connectivity index (χ2v) is 9.08. The highest BCUT2D eigenvalue weighted by atomic mass is 16.7. The van der Waals surface area contributed by atoms with Gasteiger partial charge in [0.15, 0.2) is 0 Å². The Balaban J connectivity index is 1.83. The van der Waals surface area contributed by atoms with Crippen LogP contribution in [0.25, 0.3) is 0 Å². The number of hydrogen-bond donors (Lipinski definition) is 0. The zero-order valence-corrected chi connectivity index (χ0v) is 20.2. The van der Waals surface area contributed by atoms with Gasteiger partial charge in [0, 0.05) is 24.7 Å². The number of carbonyl (C=O) groups is 1. The molecule has 0 saturated heterocycles. The van der Waals surface area contributed by atoms with Crippen LogP contribution in [0, 0.1) is 0 Å². The molecule has 0 unspecified atom stereocenters. The first kappa shape index (κ1) is 24.3. The molecule has 3 rings (SSSR count). The van der Waals surface area contributed by atoms with Crippen molar-refractivity contribution < 1.29 is 28.5 Å². The highest BCUT2D eigenvalue weighted by molar-refractivity contribution is 5.95. The van der Waals surface area contributed by atoms with Crippen LogP contribution in [0.5, 0.6) is 11.5 Å². The van der Waals surface area contributed by atoms with E-state index in [0.717, 1.165) is 36.8 Å². The minimum atomic E-state index is -0.575. The average molecular weight is 445 g/mol. The molecule has 6 heteroatoms. The number of ether oxygens (including phenoxy) is 5. The zero-order valence-electron chi connectivity index (χ0n) is 20.2. The third-order valence-corrected chi connectivity index (χ3v) is 6.25. The molecule has 0 radical (unpaired) electrons. The van der Waals surface area contributed by atoms with Crippen LogP contribution in [0.1, 0.15) is 74.9 Å². The van der Waals surface area contributed by atoms with Gasteiger partial charge in [0.1, 0.15) is 36.6 Å². The molecule has 0 bridgehead atoms. The van der Waals surface area contributed by atoms with Crippen LogP contribution >= 0.6 is 0 Å². The van der Waals surface area contributed by atoms with Gasteiger partial charge in [0.25, 0.3) is 0 Å². The second kappa shape index (κ2) is 10.5. The SMILES string of the molecule is COCO[C@@H]1Cc2c(OC)cc3c(c2O[C@@]1(C)CC/C=C(\C)CCC=C(C)C)COC3=O. The first-order valence-corrected chi connectivity index (χ1v) is 11.3. The van der Waals surface area contributed by atoms with Crippen LogP contribution in [-0.4, -0.2) is 38.7 Å². The summed E-state index contributed by atoms with van der Waals surface area (Å²) in [5.41, 5.74) is 4.39. The molecule has 0 N–H and O–H groups in total. The predicted molar refractivity (Wildman–Crippen MR) is 123 cm³/mol. The van der Waals surface area contributed by atoms with Gasteiger partial charge < -0.3 is 23.7 Å². The summed E-state index contributed by atoms with van der Waals surface area (Å²) in [6.45, 7) is 8.92. The smallest absolute Gasteiger partial charge is 0.339 e. The van der Waals surface area contributed by atoms with E-state index in [2.05, 4.69) is 39.8 Å². The highest BCUT2D eigenvalue weighted by Gasteiger charge is 2.45. The average Bonchev–Trinajstić information content (AvgIpc) is 3.12. The van der Waals surface area contributed by atoms with Crippen molar-refractivity contribution in [2.45, 2.75) is 78.1 Å². The first-order chi connectivity index (χ1) is 15.3. The number of benzene rings is 1. The van der Waals surface area contributed by atoms with Gasteiger partial charge in [-0.25, -0.2) is 4.79 Å². The van der Waals surface area contributed by atoms with Crippen LogP contribution in [0.3, 0.4) is 0 Å². The van der Waals surface area contributed by atoms with E-state index in [1.54, 1.807) is 20.3 Å². The predicted octanol–water partition coefficient (Wildman–Crippen LogP) is 5.52. The molecule has 0 aromatic heterocycles. The Morgan fingerprint density at radius 2 is 1.97 bits per heavy atom. The second-order valence-electron chi connectivity index (χ2n) is 9.08. The summed E-state index contributed by atoms with van der Waals surface area (Å²) < 4.78 is 28.7. The lowest BCUT2D eigenvalue weighted by Gasteiger charge is -2.43. The van der Waals surface area contributed by atoms with Crippen molar-refractivity contribution in [3.63, 3.8) is 0 Å². The Morgan fingerprint density at radius 1 is 1.19 bits per heavy atom. The molecule has 6 nitrogen and oxygen atoms in total. The van der Waals surface area contributed by atoms with Crippen molar-refractivity contribution in [1.29, 1.82) is 0 Å². The van der Waals surface area contributed by atoms with Crippen molar-refractivity contribution in [1.82, 2.24) is 0 Å². The van der Waals surface area contributed by atoms with Gasteiger partial charge in [-0.1, -0.05) is 23.3 Å². The lowest BCUT2D eigenvalue weighted by atomic mass is 9.84. The number of hydrogen-bond acceptors (Lipinski definition) is 6. The lowest BCUT2D eigenvalue weighted by molar-refractivity contribution is -0.148. The van der Waals surface area contributed by atoms with Crippen molar-refractivity contribution >= 4 is 5.97 Å². The molecule has 32 heavy (non-hydrogen) atoms. The number of esters is 1. The van der Waals surface area contributed by atoms with Gasteiger partial charge in [0.2, 0.25) is 0 Å². The lowest BCUT2D eigenvalue weighted by Crippen LogP contribution is -2.51. The maximum absolute atomic E-state index is 12.2. The van der Waals surface area contributed by atoms with E-state index in [4.69, 9.17) is 23.7 Å². The molecule has 1 aromatic rings. The van der Waals surface area contributed by atoms with Crippen LogP contribution in [0.2, 0.25) is 0 Å². The Kier molecular flexibility index (Phi) is 8.01. The largest absolute Gasteiger partial charge is 0.496 e. The van der Waals surface area contributed by atoms with Crippen molar-refractivity contribution in [3.8, 4) is 11.5 Å². The molecule has 1 aromatic carbocycles. The molecule has 0 spiro atoms. The maximum Gasteiger partial charge on any atom is 0.339 e. The number of methoxy groups -OCH3 is 2. The van der Waals surface area contributed by atoms with Crippen LogP contribution < -0.4 is 9.47 Å². The molecule has 0 fully saturated rings. The summed E-state index contributed by atoms with van der Waals surface area (Å²) in [4.78, 5) is 12.2. The summed E-state index contributed by atoms with van der Waals surface area (Å²) in [5, 5.41) is 0. The monoisotopic (exact) mass is 444 g/mol. The third kappa shape index (κ3) is 5.36. The maximum atomic E-state index is 12.2. The molecule has 2 heterocycles. The number of cyclic esters (lactones) is 1. The molecule has 2 aliphatic heterocycles. The van der Waals surface area contributed by atoms with Gasteiger partial charge in [-0.2, -0.15) is 0 Å². The number of rotatable bonds is 10. The van der Waals surface area contributed by atoms with Gasteiger partial charge in [-0.3, -0.25) is 0 Å². The molecular formula is C26H36O6. The fourth-order valence-electron chi connectivity index (χ4n) is 4.35. The fraction of sp³-hybridized carbons (Fsp3) is 0.577. The Morgan fingerprint density at radius 3 is 2.66 bits per heavy atom. The van der Waals surface area contributed by atoms with Crippen LogP contribution in [0.15, 0.2) is 29.4 Å². The van der Waals surface area contributed by atoms with E-state index >= 15 is 0 Å². The number of carbonyl (C=O) groups excluding carboxylic acids is 1. The summed E-state index contributed by atoms with van der Waals surface area (Å²) in [6.07, 6.45) is 8.74. The first-order valence-electron chi connectivity index (χ1n) is 11.3. The molecular weight excluding hydrogens is 408 g/mol. The summed E-state index contributed by atoms with van der Waals surface area (Å²) in [6, 6.07) is 1.75. The Hall–Kier alpha value is -2.31. The minimum Gasteiger partial charge on any atom is -0.496 e. The van der Waals surface area contributed by atoms with Crippen molar-refractivity contribution in [2.75, 3.05) is 21.0 Å². The van der Waals surface area contributed by atoms with E-state index in [-0.39, 0.29) is 25.5 Å². The van der Waals surface area contributed by atoms with E-state index in [1.807, 2.05) is 0 Å². The van der Waals surface area contributed by atoms with E-state index in [1.165, 1.54) is 11.1 Å². The van der Waals surface area contributed by atoms with Crippen LogP contribution in [-0.2, 0) is 27.2 Å². The van der Waals surface area contributed by atoms with Gasteiger partial charge in [-0.15, -0.1) is 0 Å². The van der Waals surface area contributed by atoms with Gasteiger partial charge >= 0.3 is 5.97 Å². The quantitative estimate of drug-likeness (QED) is 0.269. The van der Waals surface area contributed by atoms with Crippen LogP contribution in [0.4, 0.5) is 0 Å². The zero-order chi connectivity index (χ0) is 23.3. The van der Waals surface area contributed by atoms with Gasteiger partial charge in [-0.05, 0) is 59.4 Å². The summed E-state index contributed by atoms with van der Waals surface area (Å²) in [5.74, 6) is 0.994. The highest BCUT2D eigenvalue weighted by Crippen LogP contribution is 2.46. The number of fused-ring (bicyclic) bond motifs is 3.